The van der Waals surface area contributed by atoms with Crippen molar-refractivity contribution in [3.63, 3.8) is 0 Å². The number of ketones is 1. The average Bonchev–Trinajstić information content (AvgIpc) is 2.77. The topological polar surface area (TPSA) is 63.6 Å². The van der Waals surface area contributed by atoms with Crippen LogP contribution < -0.4 is 4.74 Å². The van der Waals surface area contributed by atoms with Crippen molar-refractivity contribution in [1.82, 2.24) is 0 Å². The Morgan fingerprint density at radius 2 is 2.05 bits per heavy atom. The molecule has 4 nitrogen and oxygen atoms in total. The van der Waals surface area contributed by atoms with E-state index >= 15 is 0 Å². The van der Waals surface area contributed by atoms with Crippen molar-refractivity contribution in [2.75, 3.05) is 7.11 Å². The lowest BCUT2D eigenvalue weighted by Gasteiger charge is -2.10. The molecule has 114 valence electrons. The molecule has 1 aliphatic rings. The number of methoxy groups -OCH3 is 1. The number of hydrogen-bond donors (Lipinski definition) is 1. The van der Waals surface area contributed by atoms with E-state index in [0.717, 1.165) is 49.0 Å². The van der Waals surface area contributed by atoms with Gasteiger partial charge in [-0.25, -0.2) is 0 Å². The van der Waals surface area contributed by atoms with Crippen molar-refractivity contribution in [3.8, 4) is 5.75 Å². The number of aliphatic carboxylic acids is 1. The summed E-state index contributed by atoms with van der Waals surface area (Å²) in [6.07, 6.45) is 5.22. The lowest BCUT2D eigenvalue weighted by Crippen LogP contribution is -2.06. The summed E-state index contributed by atoms with van der Waals surface area (Å²) in [4.78, 5) is 22.5. The van der Waals surface area contributed by atoms with Crippen LogP contribution in [0.15, 0.2) is 18.2 Å². The summed E-state index contributed by atoms with van der Waals surface area (Å²) < 4.78 is 5.20. The van der Waals surface area contributed by atoms with Gasteiger partial charge in [0.2, 0.25) is 0 Å². The molecule has 1 aliphatic carbocycles. The fraction of sp³-hybridized carbons (Fsp3) is 0.529. The van der Waals surface area contributed by atoms with Gasteiger partial charge in [-0.15, -0.1) is 0 Å². The van der Waals surface area contributed by atoms with E-state index < -0.39 is 5.97 Å². The number of ether oxygens (including phenoxy) is 1. The van der Waals surface area contributed by atoms with E-state index in [9.17, 15) is 9.59 Å². The molecule has 0 aromatic heterocycles. The van der Waals surface area contributed by atoms with Crippen LogP contribution in [0.4, 0.5) is 0 Å². The average molecular weight is 290 g/mol. The summed E-state index contributed by atoms with van der Waals surface area (Å²) >= 11 is 0. The number of Topliss-reactive ketones (excluding diaryl/α,β-unsaturated/α-hetero) is 1. The first kappa shape index (κ1) is 15.5. The number of carbonyl (C=O) groups excluding carboxylic acids is 1. The summed E-state index contributed by atoms with van der Waals surface area (Å²) in [6, 6.07) is 5.88. The maximum atomic E-state index is 12.1. The Morgan fingerprint density at radius 1 is 1.29 bits per heavy atom. The van der Waals surface area contributed by atoms with Crippen LogP contribution in [0.25, 0.3) is 0 Å². The van der Waals surface area contributed by atoms with Crippen LogP contribution in [0.3, 0.4) is 0 Å². The first-order chi connectivity index (χ1) is 10.1. The largest absolute Gasteiger partial charge is 0.497 e. The van der Waals surface area contributed by atoms with E-state index in [0.29, 0.717) is 12.2 Å². The Labute approximate surface area is 125 Å². The number of rotatable bonds is 8. The maximum Gasteiger partial charge on any atom is 0.303 e. The number of hydrogen-bond acceptors (Lipinski definition) is 3. The van der Waals surface area contributed by atoms with E-state index in [1.165, 1.54) is 0 Å². The molecule has 2 rings (SSSR count). The Hall–Kier alpha value is -1.84. The second-order valence-electron chi connectivity index (χ2n) is 5.61. The Morgan fingerprint density at radius 3 is 2.76 bits per heavy atom. The zero-order valence-corrected chi connectivity index (χ0v) is 12.4. The highest BCUT2D eigenvalue weighted by atomic mass is 16.5. The van der Waals surface area contributed by atoms with Gasteiger partial charge in [0.25, 0.3) is 0 Å². The highest BCUT2D eigenvalue weighted by molar-refractivity contribution is 5.92. The molecular formula is C17H22O4. The van der Waals surface area contributed by atoms with Crippen LogP contribution in [-0.2, 0) is 16.0 Å². The van der Waals surface area contributed by atoms with Gasteiger partial charge in [-0.1, -0.05) is 25.3 Å². The van der Waals surface area contributed by atoms with Crippen molar-refractivity contribution in [2.24, 2.45) is 0 Å². The monoisotopic (exact) mass is 290 g/mol. The smallest absolute Gasteiger partial charge is 0.303 e. The second-order valence-corrected chi connectivity index (χ2v) is 5.61. The van der Waals surface area contributed by atoms with E-state index in [2.05, 4.69) is 0 Å². The fourth-order valence-corrected chi connectivity index (χ4v) is 2.98. The molecular weight excluding hydrogens is 268 g/mol. The number of carbonyl (C=O) groups is 2. The first-order valence-electron chi connectivity index (χ1n) is 7.53. The minimum absolute atomic E-state index is 0.0189. The maximum absolute atomic E-state index is 12.1. The lowest BCUT2D eigenvalue weighted by atomic mass is 9.94. The number of unbranched alkanes of at least 4 members (excludes halogenated alkanes) is 3. The third kappa shape index (κ3) is 4.06. The summed E-state index contributed by atoms with van der Waals surface area (Å²) in [5.41, 5.74) is 2.24. The standard InChI is InChI=1S/C17H22O4/c1-21-13-8-9-14-12(10-13)11-16(18)15(14)6-4-2-3-5-7-17(19)20/h8-10,15H,2-7,11H2,1H3,(H,19,20). The highest BCUT2D eigenvalue weighted by Gasteiger charge is 2.30. The van der Waals surface area contributed by atoms with Gasteiger partial charge in [0.1, 0.15) is 11.5 Å². The van der Waals surface area contributed by atoms with Crippen molar-refractivity contribution in [3.05, 3.63) is 29.3 Å². The summed E-state index contributed by atoms with van der Waals surface area (Å²) in [5.74, 6) is 0.383. The number of carboxylic acid groups (broad SMARTS) is 1. The molecule has 0 aliphatic heterocycles. The fourth-order valence-electron chi connectivity index (χ4n) is 2.98. The van der Waals surface area contributed by atoms with Crippen molar-refractivity contribution in [1.29, 1.82) is 0 Å². The van der Waals surface area contributed by atoms with Crippen LogP contribution >= 0.6 is 0 Å². The molecule has 1 atom stereocenters. The molecule has 0 amide bonds. The number of fused-ring (bicyclic) bond motifs is 1. The molecule has 1 aromatic rings. The summed E-state index contributed by atoms with van der Waals surface area (Å²) in [5, 5.41) is 8.57. The summed E-state index contributed by atoms with van der Waals surface area (Å²) in [6.45, 7) is 0. The van der Waals surface area contributed by atoms with Gasteiger partial charge < -0.3 is 9.84 Å². The minimum Gasteiger partial charge on any atom is -0.497 e. The van der Waals surface area contributed by atoms with Crippen molar-refractivity contribution < 1.29 is 19.4 Å². The molecule has 1 aromatic carbocycles. The molecule has 1 N–H and O–H groups in total. The Bertz CT molecular complexity index is 522. The zero-order valence-electron chi connectivity index (χ0n) is 12.4. The Kier molecular flexibility index (Phi) is 5.37. The third-order valence-electron chi connectivity index (χ3n) is 4.11. The van der Waals surface area contributed by atoms with E-state index in [1.54, 1.807) is 7.11 Å². The SMILES string of the molecule is COc1ccc2c(c1)CC(=O)C2CCCCCCC(=O)O. The van der Waals surface area contributed by atoms with Gasteiger partial charge in [0, 0.05) is 18.8 Å². The molecule has 0 bridgehead atoms. The Balaban J connectivity index is 1.82. The normalized spacial score (nSPS) is 16.8. The van der Waals surface area contributed by atoms with Gasteiger partial charge >= 0.3 is 5.97 Å². The molecule has 0 saturated carbocycles. The number of carboxylic acids is 1. The molecule has 0 spiro atoms. The minimum atomic E-state index is -0.733. The van der Waals surface area contributed by atoms with Crippen LogP contribution in [0.1, 0.15) is 55.6 Å². The van der Waals surface area contributed by atoms with Gasteiger partial charge in [0.15, 0.2) is 0 Å². The van der Waals surface area contributed by atoms with Gasteiger partial charge in [-0.2, -0.15) is 0 Å². The molecule has 0 heterocycles. The molecule has 1 unspecified atom stereocenters. The van der Waals surface area contributed by atoms with E-state index in [1.807, 2.05) is 18.2 Å². The molecule has 21 heavy (non-hydrogen) atoms. The predicted octanol–water partition coefficient (Wildman–Crippen LogP) is 3.33. The second kappa shape index (κ2) is 7.25. The van der Waals surface area contributed by atoms with Crippen LogP contribution in [0.5, 0.6) is 5.75 Å². The van der Waals surface area contributed by atoms with Crippen molar-refractivity contribution >= 4 is 11.8 Å². The highest BCUT2D eigenvalue weighted by Crippen LogP contribution is 2.36. The summed E-state index contributed by atoms with van der Waals surface area (Å²) in [7, 11) is 1.63. The van der Waals surface area contributed by atoms with Gasteiger partial charge in [-0.3, -0.25) is 9.59 Å². The quantitative estimate of drug-likeness (QED) is 0.746. The molecule has 0 saturated heterocycles. The van der Waals surface area contributed by atoms with Crippen LogP contribution in [-0.4, -0.2) is 24.0 Å². The third-order valence-corrected chi connectivity index (χ3v) is 4.11. The van der Waals surface area contributed by atoms with E-state index in [-0.39, 0.29) is 12.3 Å². The van der Waals surface area contributed by atoms with Crippen LogP contribution in [0.2, 0.25) is 0 Å². The predicted molar refractivity (Wildman–Crippen MR) is 79.8 cm³/mol. The van der Waals surface area contributed by atoms with Gasteiger partial charge in [-0.05, 0) is 36.1 Å². The lowest BCUT2D eigenvalue weighted by molar-refractivity contribution is -0.137. The first-order valence-corrected chi connectivity index (χ1v) is 7.53. The molecule has 0 radical (unpaired) electrons. The molecule has 0 fully saturated rings. The molecule has 4 heteroatoms. The van der Waals surface area contributed by atoms with Crippen molar-refractivity contribution in [2.45, 2.75) is 50.9 Å². The van der Waals surface area contributed by atoms with Gasteiger partial charge in [0.05, 0.1) is 7.11 Å². The number of benzene rings is 1. The van der Waals surface area contributed by atoms with E-state index in [4.69, 9.17) is 9.84 Å². The zero-order chi connectivity index (χ0) is 15.2. The van der Waals surface area contributed by atoms with Crippen LogP contribution in [0, 0.1) is 0 Å².